The van der Waals surface area contributed by atoms with Crippen molar-refractivity contribution in [3.05, 3.63) is 12.4 Å². The van der Waals surface area contributed by atoms with Gasteiger partial charge >= 0.3 is 0 Å². The standard InChI is InChI=1S/C21H35N5OS/c27-15-18-5-4-8-25(14-18)20-13-19(23-17-24-20)22-16-21(6-2-1-3-7-21)26-9-11-28-12-10-26/h13,17-18,27H,1-12,14-16H2,(H,22,23,24). The van der Waals surface area contributed by atoms with Gasteiger partial charge in [-0.05, 0) is 31.6 Å². The van der Waals surface area contributed by atoms with Crippen molar-refractivity contribution < 1.29 is 5.11 Å². The largest absolute Gasteiger partial charge is 0.396 e. The van der Waals surface area contributed by atoms with E-state index in [0.29, 0.717) is 5.92 Å². The zero-order chi connectivity index (χ0) is 19.2. The summed E-state index contributed by atoms with van der Waals surface area (Å²) >= 11 is 2.09. The predicted molar refractivity (Wildman–Crippen MR) is 117 cm³/mol. The van der Waals surface area contributed by atoms with Crippen LogP contribution in [0.2, 0.25) is 0 Å². The Hall–Kier alpha value is -1.05. The Labute approximate surface area is 173 Å². The molecule has 1 unspecified atom stereocenters. The lowest BCUT2D eigenvalue weighted by Gasteiger charge is -2.48. The Morgan fingerprint density at radius 3 is 2.71 bits per heavy atom. The molecule has 1 saturated carbocycles. The minimum absolute atomic E-state index is 0.267. The monoisotopic (exact) mass is 405 g/mol. The molecule has 2 saturated heterocycles. The lowest BCUT2D eigenvalue weighted by atomic mass is 9.80. The molecule has 2 N–H and O–H groups in total. The molecule has 1 aliphatic carbocycles. The topological polar surface area (TPSA) is 64.5 Å². The number of thioether (sulfide) groups is 1. The van der Waals surface area contributed by atoms with Crippen LogP contribution in [0.25, 0.3) is 0 Å². The number of anilines is 2. The van der Waals surface area contributed by atoms with Crippen molar-refractivity contribution in [1.29, 1.82) is 0 Å². The van der Waals surface area contributed by atoms with E-state index < -0.39 is 0 Å². The molecule has 6 nitrogen and oxygen atoms in total. The zero-order valence-electron chi connectivity index (χ0n) is 17.0. The maximum Gasteiger partial charge on any atom is 0.134 e. The Balaban J connectivity index is 1.43. The van der Waals surface area contributed by atoms with Gasteiger partial charge in [0.05, 0.1) is 0 Å². The minimum atomic E-state index is 0.267. The molecule has 3 fully saturated rings. The predicted octanol–water partition coefficient (Wildman–Crippen LogP) is 2.85. The third kappa shape index (κ3) is 4.74. The first-order valence-corrected chi connectivity index (χ1v) is 12.2. The molecule has 1 atom stereocenters. The maximum atomic E-state index is 9.51. The number of aliphatic hydroxyl groups excluding tert-OH is 1. The summed E-state index contributed by atoms with van der Waals surface area (Å²) in [6.07, 6.45) is 10.6. The molecular formula is C21H35N5OS. The van der Waals surface area contributed by atoms with Crippen LogP contribution in [-0.4, -0.2) is 76.3 Å². The first kappa shape index (κ1) is 20.2. The molecule has 1 aromatic heterocycles. The second-order valence-electron chi connectivity index (χ2n) is 8.64. The van der Waals surface area contributed by atoms with Crippen LogP contribution in [0.1, 0.15) is 44.9 Å². The maximum absolute atomic E-state index is 9.51. The van der Waals surface area contributed by atoms with Gasteiger partial charge in [-0.25, -0.2) is 9.97 Å². The summed E-state index contributed by atoms with van der Waals surface area (Å²) in [4.78, 5) is 14.1. The number of aromatic nitrogens is 2. The van der Waals surface area contributed by atoms with Crippen LogP contribution in [0, 0.1) is 5.92 Å². The molecule has 0 amide bonds. The van der Waals surface area contributed by atoms with Gasteiger partial charge in [0.1, 0.15) is 18.0 Å². The molecule has 2 aliphatic heterocycles. The number of aliphatic hydroxyl groups is 1. The van der Waals surface area contributed by atoms with E-state index in [1.165, 1.54) is 56.7 Å². The summed E-state index contributed by atoms with van der Waals surface area (Å²) in [7, 11) is 0. The Kier molecular flexibility index (Phi) is 6.96. The van der Waals surface area contributed by atoms with E-state index in [1.54, 1.807) is 6.33 Å². The summed E-state index contributed by atoms with van der Waals surface area (Å²) in [5, 5.41) is 13.2. The van der Waals surface area contributed by atoms with E-state index in [4.69, 9.17) is 0 Å². The molecule has 0 bridgehead atoms. The Morgan fingerprint density at radius 1 is 1.11 bits per heavy atom. The van der Waals surface area contributed by atoms with E-state index in [1.807, 2.05) is 0 Å². The van der Waals surface area contributed by atoms with Crippen LogP contribution in [0.5, 0.6) is 0 Å². The SMILES string of the molecule is OCC1CCCN(c2cc(NCC3(N4CCSCC4)CCCCC3)ncn2)C1. The Bertz CT molecular complexity index is 619. The van der Waals surface area contributed by atoms with Crippen molar-refractivity contribution in [2.45, 2.75) is 50.5 Å². The molecule has 4 rings (SSSR count). The number of hydrogen-bond donors (Lipinski definition) is 2. The fourth-order valence-corrected chi connectivity index (χ4v) is 6.05. The molecule has 1 aromatic rings. The lowest BCUT2D eigenvalue weighted by molar-refractivity contribution is 0.0706. The van der Waals surface area contributed by atoms with Gasteiger partial charge in [-0.2, -0.15) is 11.8 Å². The van der Waals surface area contributed by atoms with Gasteiger partial charge in [0.25, 0.3) is 0 Å². The van der Waals surface area contributed by atoms with Gasteiger partial charge in [-0.15, -0.1) is 0 Å². The average molecular weight is 406 g/mol. The van der Waals surface area contributed by atoms with Crippen molar-refractivity contribution in [3.63, 3.8) is 0 Å². The van der Waals surface area contributed by atoms with Crippen molar-refractivity contribution in [1.82, 2.24) is 14.9 Å². The van der Waals surface area contributed by atoms with E-state index in [9.17, 15) is 5.11 Å². The fourth-order valence-electron chi connectivity index (χ4n) is 5.15. The zero-order valence-corrected chi connectivity index (χ0v) is 17.8. The smallest absolute Gasteiger partial charge is 0.134 e. The molecule has 156 valence electrons. The van der Waals surface area contributed by atoms with Crippen LogP contribution in [-0.2, 0) is 0 Å². The molecule has 3 heterocycles. The number of nitrogens with zero attached hydrogens (tertiary/aromatic N) is 4. The molecule has 0 aromatic carbocycles. The van der Waals surface area contributed by atoms with Crippen molar-refractivity contribution >= 4 is 23.4 Å². The van der Waals surface area contributed by atoms with Crippen molar-refractivity contribution in [2.24, 2.45) is 5.92 Å². The summed E-state index contributed by atoms with van der Waals surface area (Å²) in [6.45, 7) is 5.59. The second-order valence-corrected chi connectivity index (χ2v) is 9.86. The lowest BCUT2D eigenvalue weighted by Crippen LogP contribution is -2.57. The van der Waals surface area contributed by atoms with E-state index in [0.717, 1.165) is 44.1 Å². The van der Waals surface area contributed by atoms with Gasteiger partial charge in [0.15, 0.2) is 0 Å². The Morgan fingerprint density at radius 2 is 1.93 bits per heavy atom. The van der Waals surface area contributed by atoms with Gasteiger partial charge in [0.2, 0.25) is 0 Å². The van der Waals surface area contributed by atoms with Gasteiger partial charge in [0, 0.05) is 62.4 Å². The third-order valence-corrected chi connectivity index (χ3v) is 7.76. The highest BCUT2D eigenvalue weighted by Crippen LogP contribution is 2.35. The molecule has 0 radical (unpaired) electrons. The summed E-state index contributed by atoms with van der Waals surface area (Å²) in [5.74, 6) is 4.82. The molecule has 28 heavy (non-hydrogen) atoms. The van der Waals surface area contributed by atoms with Gasteiger partial charge in [-0.3, -0.25) is 4.90 Å². The normalized spacial score (nSPS) is 26.2. The highest BCUT2D eigenvalue weighted by atomic mass is 32.2. The number of rotatable bonds is 6. The second kappa shape index (κ2) is 9.63. The first-order chi connectivity index (χ1) is 13.8. The molecule has 7 heteroatoms. The van der Waals surface area contributed by atoms with Crippen LogP contribution in [0.4, 0.5) is 11.6 Å². The van der Waals surface area contributed by atoms with E-state index in [2.05, 4.69) is 42.9 Å². The summed E-state index contributed by atoms with van der Waals surface area (Å²) in [5.41, 5.74) is 0.289. The fraction of sp³-hybridized carbons (Fsp3) is 0.810. The third-order valence-electron chi connectivity index (χ3n) is 6.82. The van der Waals surface area contributed by atoms with Gasteiger partial charge < -0.3 is 15.3 Å². The van der Waals surface area contributed by atoms with Crippen molar-refractivity contribution in [3.8, 4) is 0 Å². The quantitative estimate of drug-likeness (QED) is 0.754. The van der Waals surface area contributed by atoms with Crippen LogP contribution >= 0.6 is 11.8 Å². The summed E-state index contributed by atoms with van der Waals surface area (Å²) in [6, 6.07) is 2.10. The molecule has 3 aliphatic rings. The van der Waals surface area contributed by atoms with Gasteiger partial charge in [-0.1, -0.05) is 19.3 Å². The average Bonchev–Trinajstić information content (AvgIpc) is 2.79. The highest BCUT2D eigenvalue weighted by Gasteiger charge is 2.38. The number of piperidine rings is 1. The van der Waals surface area contributed by atoms with E-state index >= 15 is 0 Å². The number of hydrogen-bond acceptors (Lipinski definition) is 7. The summed E-state index contributed by atoms with van der Waals surface area (Å²) < 4.78 is 0. The van der Waals surface area contributed by atoms with Crippen LogP contribution in [0.15, 0.2) is 12.4 Å². The highest BCUT2D eigenvalue weighted by molar-refractivity contribution is 7.99. The molecular weight excluding hydrogens is 370 g/mol. The molecule has 0 spiro atoms. The first-order valence-electron chi connectivity index (χ1n) is 11.0. The van der Waals surface area contributed by atoms with Crippen LogP contribution < -0.4 is 10.2 Å². The van der Waals surface area contributed by atoms with Crippen molar-refractivity contribution in [2.75, 3.05) is 61.1 Å². The number of nitrogens with one attached hydrogen (secondary N) is 1. The van der Waals surface area contributed by atoms with Crippen LogP contribution in [0.3, 0.4) is 0 Å². The van der Waals surface area contributed by atoms with E-state index in [-0.39, 0.29) is 12.1 Å². The minimum Gasteiger partial charge on any atom is -0.396 e.